The molecule has 5 rings (SSSR count). The van der Waals surface area contributed by atoms with Crippen LogP contribution in [0.4, 0.5) is 4.39 Å². The molecule has 0 nitrogen and oxygen atoms in total. The van der Waals surface area contributed by atoms with Crippen molar-refractivity contribution in [2.75, 3.05) is 0 Å². The number of fused-ring (bicyclic) bond motifs is 4. The summed E-state index contributed by atoms with van der Waals surface area (Å²) in [4.78, 5) is 8.10. The van der Waals surface area contributed by atoms with Gasteiger partial charge < -0.3 is 0 Å². The van der Waals surface area contributed by atoms with E-state index < -0.39 is 18.4 Å². The summed E-state index contributed by atoms with van der Waals surface area (Å²) < 4.78 is 14.6. The van der Waals surface area contributed by atoms with Crippen LogP contribution in [0.3, 0.4) is 0 Å². The third-order valence-electron chi connectivity index (χ3n) is 8.66. The van der Waals surface area contributed by atoms with E-state index in [-0.39, 0.29) is 5.82 Å². The number of hydrogen-bond donors (Lipinski definition) is 0. The fourth-order valence-electron chi connectivity index (χ4n) is 8.24. The molecule has 136 valence electrons. The first kappa shape index (κ1) is 17.1. The maximum absolute atomic E-state index is 13.5. The summed E-state index contributed by atoms with van der Waals surface area (Å²) in [6.07, 6.45) is 8.96. The zero-order valence-electron chi connectivity index (χ0n) is 16.0. The average Bonchev–Trinajstić information content (AvgIpc) is 3.33. The van der Waals surface area contributed by atoms with E-state index in [1.165, 1.54) is 37.7 Å². The molecule has 0 heterocycles. The second-order valence-electron chi connectivity index (χ2n) is 10.8. The van der Waals surface area contributed by atoms with Gasteiger partial charge in [0.2, 0.25) is 0 Å². The number of halogens is 1. The summed E-state index contributed by atoms with van der Waals surface area (Å²) in [6.45, 7) is 0. The van der Waals surface area contributed by atoms with Crippen LogP contribution in [-0.4, -0.2) is 18.4 Å². The number of benzene rings is 1. The topological polar surface area (TPSA) is 0 Å². The third kappa shape index (κ3) is 2.65. The van der Waals surface area contributed by atoms with E-state index in [1.54, 1.807) is 18.6 Å². The van der Waals surface area contributed by atoms with E-state index in [2.05, 4.69) is 27.0 Å². The van der Waals surface area contributed by atoms with Gasteiger partial charge >= 0.3 is 157 Å². The Kier molecular flexibility index (Phi) is 4.08. The minimum absolute atomic E-state index is 0.0767. The predicted molar refractivity (Wildman–Crippen MR) is 105 cm³/mol. The van der Waals surface area contributed by atoms with Gasteiger partial charge in [-0.25, -0.2) is 0 Å². The Hall–Kier alpha value is -0.0513. The summed E-state index contributed by atoms with van der Waals surface area (Å²) in [5, 5.41) is 0. The molecule has 4 bridgehead atoms. The van der Waals surface area contributed by atoms with Crippen molar-refractivity contribution in [3.8, 4) is 0 Å². The van der Waals surface area contributed by atoms with Crippen LogP contribution in [0.25, 0.3) is 0 Å². The summed E-state index contributed by atoms with van der Waals surface area (Å²) >= 11 is -1.94. The Morgan fingerprint density at radius 3 is 2.00 bits per heavy atom. The molecule has 1 aromatic carbocycles. The molecule has 4 fully saturated rings. The SMILES string of the molecule is [CH3][Sn]([CH3])([CH3])[C@H]1[C@@H]2CC[C@@H](C2)[C@H]1[C@@H]1[C@H]2CC[C@H](C2)[C@@H]1c1ccc(F)cc1. The zero-order valence-corrected chi connectivity index (χ0v) is 18.9. The molecular formula is C23H33FSn. The molecule has 0 aliphatic heterocycles. The van der Waals surface area contributed by atoms with Gasteiger partial charge in [0.1, 0.15) is 0 Å². The van der Waals surface area contributed by atoms with Gasteiger partial charge in [0.15, 0.2) is 0 Å². The first-order valence-electron chi connectivity index (χ1n) is 10.7. The third-order valence-corrected chi connectivity index (χ3v) is 16.8. The molecular weight excluding hydrogens is 414 g/mol. The van der Waals surface area contributed by atoms with Crippen molar-refractivity contribution in [2.24, 2.45) is 35.5 Å². The second-order valence-corrected chi connectivity index (χ2v) is 26.2. The Labute approximate surface area is 156 Å². The Morgan fingerprint density at radius 2 is 1.32 bits per heavy atom. The molecule has 4 saturated carbocycles. The van der Waals surface area contributed by atoms with Crippen molar-refractivity contribution in [1.29, 1.82) is 0 Å². The molecule has 0 radical (unpaired) electrons. The molecule has 0 spiro atoms. The van der Waals surface area contributed by atoms with Crippen molar-refractivity contribution < 1.29 is 4.39 Å². The van der Waals surface area contributed by atoms with Gasteiger partial charge in [-0.2, -0.15) is 0 Å². The van der Waals surface area contributed by atoms with E-state index in [0.717, 1.165) is 45.4 Å². The quantitative estimate of drug-likeness (QED) is 0.452. The molecule has 25 heavy (non-hydrogen) atoms. The molecule has 8 atom stereocenters. The Balaban J connectivity index is 1.53. The normalized spacial score (nSPS) is 45.4. The van der Waals surface area contributed by atoms with Crippen LogP contribution in [-0.2, 0) is 0 Å². The standard InChI is InChI=1S/C20H24F.3CH3.Sn/c21-17-7-5-13(6-8-17)19-15-3-4-16(11-15)20(19)18-10-12-1-2-14(18)9-12;;;;/h5-8,10,12,14-16,18-20H,1-4,9,11H2;3*1H3;/t12-,14+,15-,16+,18+,19+,20+;;;;/m1..../s1. The maximum atomic E-state index is 13.5. The van der Waals surface area contributed by atoms with Crippen molar-refractivity contribution in [1.82, 2.24) is 0 Å². The Morgan fingerprint density at radius 1 is 0.760 bits per heavy atom. The van der Waals surface area contributed by atoms with E-state index in [4.69, 9.17) is 0 Å². The summed E-state index contributed by atoms with van der Waals surface area (Å²) in [5.74, 6) is 6.54. The zero-order chi connectivity index (χ0) is 17.3. The van der Waals surface area contributed by atoms with Gasteiger partial charge in [0.05, 0.1) is 0 Å². The van der Waals surface area contributed by atoms with Gasteiger partial charge in [0.25, 0.3) is 0 Å². The van der Waals surface area contributed by atoms with Crippen LogP contribution in [0.2, 0.25) is 18.8 Å². The molecule has 4 aliphatic carbocycles. The second kappa shape index (κ2) is 5.97. The monoisotopic (exact) mass is 448 g/mol. The minimum atomic E-state index is -1.94. The average molecular weight is 447 g/mol. The van der Waals surface area contributed by atoms with Crippen LogP contribution in [0, 0.1) is 41.3 Å². The van der Waals surface area contributed by atoms with Crippen molar-refractivity contribution in [3.05, 3.63) is 35.6 Å². The summed E-state index contributed by atoms with van der Waals surface area (Å²) in [6, 6.07) is 7.66. The van der Waals surface area contributed by atoms with Gasteiger partial charge in [-0.1, -0.05) is 0 Å². The van der Waals surface area contributed by atoms with Gasteiger partial charge in [0, 0.05) is 0 Å². The molecule has 4 aliphatic rings. The van der Waals surface area contributed by atoms with Crippen LogP contribution in [0.5, 0.6) is 0 Å². The molecule has 0 N–H and O–H groups in total. The van der Waals surface area contributed by atoms with Gasteiger partial charge in [-0.3, -0.25) is 0 Å². The first-order valence-corrected chi connectivity index (χ1v) is 20.9. The number of hydrogen-bond acceptors (Lipinski definition) is 0. The fourth-order valence-corrected chi connectivity index (χ4v) is 17.9. The Bertz CT molecular complexity index is 645. The predicted octanol–water partition coefficient (Wildman–Crippen LogP) is 6.71. The van der Waals surface area contributed by atoms with Crippen LogP contribution < -0.4 is 0 Å². The molecule has 2 heteroatoms. The van der Waals surface area contributed by atoms with Crippen molar-refractivity contribution >= 4 is 18.4 Å². The molecule has 0 saturated heterocycles. The van der Waals surface area contributed by atoms with E-state index in [9.17, 15) is 4.39 Å². The van der Waals surface area contributed by atoms with Gasteiger partial charge in [-0.05, 0) is 0 Å². The van der Waals surface area contributed by atoms with Crippen LogP contribution in [0.1, 0.15) is 50.0 Å². The van der Waals surface area contributed by atoms with Crippen molar-refractivity contribution in [3.63, 3.8) is 0 Å². The summed E-state index contributed by atoms with van der Waals surface area (Å²) in [7, 11) is 0. The fraction of sp³-hybridized carbons (Fsp3) is 0.739. The van der Waals surface area contributed by atoms with Crippen LogP contribution >= 0.6 is 0 Å². The first-order chi connectivity index (χ1) is 11.9. The molecule has 0 aromatic heterocycles. The molecule has 1 aromatic rings. The van der Waals surface area contributed by atoms with E-state index in [1.807, 2.05) is 0 Å². The molecule has 0 amide bonds. The van der Waals surface area contributed by atoms with Crippen LogP contribution in [0.15, 0.2) is 24.3 Å². The van der Waals surface area contributed by atoms with E-state index in [0.29, 0.717) is 0 Å². The summed E-state index contributed by atoms with van der Waals surface area (Å²) in [5.41, 5.74) is 1.46. The molecule has 0 unspecified atom stereocenters. The number of rotatable bonds is 3. The van der Waals surface area contributed by atoms with E-state index >= 15 is 0 Å². The van der Waals surface area contributed by atoms with Gasteiger partial charge in [-0.15, -0.1) is 0 Å². The van der Waals surface area contributed by atoms with Crippen molar-refractivity contribution in [2.45, 2.75) is 63.2 Å².